The molecule has 7 heteroatoms. The number of benzene rings is 1. The average molecular weight is 366 g/mol. The molecule has 0 aliphatic carbocycles. The van der Waals surface area contributed by atoms with E-state index >= 15 is 0 Å². The maximum atomic E-state index is 12.5. The summed E-state index contributed by atoms with van der Waals surface area (Å²) in [6.07, 6.45) is 2.15. The summed E-state index contributed by atoms with van der Waals surface area (Å²) in [6.45, 7) is 4.37. The largest absolute Gasteiger partial charge is 0.384 e. The van der Waals surface area contributed by atoms with Gasteiger partial charge in [-0.1, -0.05) is 19.1 Å². The van der Waals surface area contributed by atoms with Crippen LogP contribution < -0.4 is 16.6 Å². The van der Waals surface area contributed by atoms with Gasteiger partial charge in [0.15, 0.2) is 0 Å². The molecule has 2 aromatic rings. The topological polar surface area (TPSA) is 97.4 Å². The molecule has 7 nitrogen and oxygen atoms in total. The number of hydrogen-bond acceptors (Lipinski definition) is 5. The summed E-state index contributed by atoms with van der Waals surface area (Å²) in [5, 5.41) is 2.18. The number of hydrogen-bond donors (Lipinski definition) is 2. The van der Waals surface area contributed by atoms with E-state index in [0.717, 1.165) is 32.0 Å². The number of carbonyl (C=O) groups is 2. The number of fused-ring (bicyclic) bond motifs is 1. The fourth-order valence-electron chi connectivity index (χ4n) is 3.96. The van der Waals surface area contributed by atoms with Crippen LogP contribution in [0.5, 0.6) is 0 Å². The minimum atomic E-state index is -0.587. The number of imide groups is 1. The van der Waals surface area contributed by atoms with Crippen molar-refractivity contribution in [3.63, 3.8) is 0 Å². The van der Waals surface area contributed by atoms with E-state index in [4.69, 9.17) is 5.73 Å². The summed E-state index contributed by atoms with van der Waals surface area (Å²) >= 11 is 0. The third kappa shape index (κ3) is 2.75. The fourth-order valence-corrected chi connectivity index (χ4v) is 3.96. The zero-order chi connectivity index (χ0) is 19.3. The molecule has 3 heterocycles. The number of carbonyl (C=O) groups excluding carboxylic acids is 2. The smallest absolute Gasteiger partial charge is 0.262 e. The highest BCUT2D eigenvalue weighted by Gasteiger charge is 2.33. The Bertz CT molecular complexity index is 999. The molecule has 2 aliphatic heterocycles. The normalized spacial score (nSPS) is 19.0. The number of nitrogen functional groups attached to an aromatic ring is 1. The van der Waals surface area contributed by atoms with Crippen molar-refractivity contribution in [3.8, 4) is 5.69 Å². The first kappa shape index (κ1) is 17.5. The van der Waals surface area contributed by atoms with Crippen molar-refractivity contribution in [1.29, 1.82) is 0 Å². The van der Waals surface area contributed by atoms with Gasteiger partial charge in [0.2, 0.25) is 0 Å². The fraction of sp³-hybridized carbons (Fsp3) is 0.350. The highest BCUT2D eigenvalue weighted by molar-refractivity contribution is 6.23. The van der Waals surface area contributed by atoms with Gasteiger partial charge in [-0.05, 0) is 56.1 Å². The summed E-state index contributed by atoms with van der Waals surface area (Å²) in [5.41, 5.74) is 7.65. The van der Waals surface area contributed by atoms with Crippen LogP contribution in [0.15, 0.2) is 35.1 Å². The molecule has 0 radical (unpaired) electrons. The number of amides is 2. The molecule has 1 fully saturated rings. The lowest BCUT2D eigenvalue weighted by molar-refractivity contribution is 0.0880. The Kier molecular flexibility index (Phi) is 3.92. The van der Waals surface area contributed by atoms with Gasteiger partial charge in [-0.15, -0.1) is 0 Å². The molecule has 1 aromatic carbocycles. The van der Waals surface area contributed by atoms with E-state index in [9.17, 15) is 14.4 Å². The van der Waals surface area contributed by atoms with E-state index in [1.165, 1.54) is 10.1 Å². The van der Waals surface area contributed by atoms with Crippen LogP contribution in [0.1, 0.15) is 46.0 Å². The van der Waals surface area contributed by atoms with Gasteiger partial charge in [0.25, 0.3) is 17.4 Å². The van der Waals surface area contributed by atoms with Crippen LogP contribution in [0.25, 0.3) is 5.69 Å². The number of piperidine rings is 1. The molecule has 0 atom stereocenters. The highest BCUT2D eigenvalue weighted by Crippen LogP contribution is 2.35. The molecule has 0 saturated carbocycles. The number of nitrogens with zero attached hydrogens (tertiary/aromatic N) is 2. The predicted molar refractivity (Wildman–Crippen MR) is 102 cm³/mol. The van der Waals surface area contributed by atoms with Gasteiger partial charge in [0.1, 0.15) is 5.82 Å². The Morgan fingerprint density at radius 3 is 2.30 bits per heavy atom. The van der Waals surface area contributed by atoms with E-state index < -0.39 is 17.4 Å². The first-order chi connectivity index (χ1) is 12.8. The van der Waals surface area contributed by atoms with E-state index in [1.807, 2.05) is 24.3 Å². The van der Waals surface area contributed by atoms with Gasteiger partial charge < -0.3 is 10.6 Å². The maximum Gasteiger partial charge on any atom is 0.262 e. The lowest BCUT2D eigenvalue weighted by Gasteiger charge is -2.38. The quantitative estimate of drug-likeness (QED) is 0.781. The molecule has 2 aliphatic rings. The van der Waals surface area contributed by atoms with E-state index in [0.29, 0.717) is 5.69 Å². The summed E-state index contributed by atoms with van der Waals surface area (Å²) in [6, 6.07) is 8.89. The molecule has 1 aromatic heterocycles. The average Bonchev–Trinajstić information content (AvgIpc) is 2.92. The molecule has 27 heavy (non-hydrogen) atoms. The molecular weight excluding hydrogens is 344 g/mol. The third-order valence-corrected chi connectivity index (χ3v) is 5.87. The van der Waals surface area contributed by atoms with Crippen molar-refractivity contribution in [3.05, 3.63) is 57.4 Å². The predicted octanol–water partition coefficient (Wildman–Crippen LogP) is 1.29. The molecule has 140 valence electrons. The highest BCUT2D eigenvalue weighted by atomic mass is 16.2. The second kappa shape index (κ2) is 6.06. The number of aromatic nitrogens is 1. The number of nitrogens with two attached hydrogens (primary N) is 1. The zero-order valence-electron chi connectivity index (χ0n) is 15.4. The maximum absolute atomic E-state index is 12.5. The van der Waals surface area contributed by atoms with Crippen molar-refractivity contribution in [2.24, 2.45) is 0 Å². The molecule has 3 N–H and O–H groups in total. The van der Waals surface area contributed by atoms with Crippen molar-refractivity contribution < 1.29 is 9.59 Å². The SMILES string of the molecule is CN1CCC(C)(c2ccc(-n3c(N)c4c(cc3=O)C(=O)NC4=O)cc2)CC1. The van der Waals surface area contributed by atoms with Crippen molar-refractivity contribution in [2.75, 3.05) is 25.9 Å². The van der Waals surface area contributed by atoms with E-state index in [2.05, 4.69) is 24.2 Å². The summed E-state index contributed by atoms with van der Waals surface area (Å²) < 4.78 is 1.28. The second-order valence-corrected chi connectivity index (χ2v) is 7.69. The Balaban J connectivity index is 1.74. The Labute approximate surface area is 156 Å². The number of nitrogens with one attached hydrogen (secondary N) is 1. The molecule has 0 unspecified atom stereocenters. The monoisotopic (exact) mass is 366 g/mol. The Morgan fingerprint density at radius 1 is 1.04 bits per heavy atom. The Hall–Kier alpha value is -2.93. The lowest BCUT2D eigenvalue weighted by Crippen LogP contribution is -2.38. The summed E-state index contributed by atoms with van der Waals surface area (Å²) in [4.78, 5) is 38.6. The molecule has 2 amide bonds. The van der Waals surface area contributed by atoms with Crippen LogP contribution >= 0.6 is 0 Å². The minimum Gasteiger partial charge on any atom is -0.384 e. The van der Waals surface area contributed by atoms with Crippen LogP contribution in [-0.2, 0) is 5.41 Å². The molecule has 4 rings (SSSR count). The number of anilines is 1. The van der Waals surface area contributed by atoms with E-state index in [1.54, 1.807) is 0 Å². The van der Waals surface area contributed by atoms with Gasteiger partial charge >= 0.3 is 0 Å². The molecule has 0 bridgehead atoms. The second-order valence-electron chi connectivity index (χ2n) is 7.69. The van der Waals surface area contributed by atoms with Gasteiger partial charge in [0.05, 0.1) is 16.8 Å². The first-order valence-corrected chi connectivity index (χ1v) is 9.01. The molecular formula is C20H22N4O3. The minimum absolute atomic E-state index is 0.0147. The van der Waals surface area contributed by atoms with Gasteiger partial charge in [-0.25, -0.2) is 0 Å². The zero-order valence-corrected chi connectivity index (χ0v) is 15.4. The van der Waals surface area contributed by atoms with Crippen LogP contribution in [0.4, 0.5) is 5.82 Å². The summed E-state index contributed by atoms with van der Waals surface area (Å²) in [7, 11) is 2.13. The molecule has 1 saturated heterocycles. The van der Waals surface area contributed by atoms with Crippen LogP contribution in [0, 0.1) is 0 Å². The Morgan fingerprint density at radius 2 is 1.67 bits per heavy atom. The number of pyridine rings is 1. The van der Waals surface area contributed by atoms with Crippen molar-refractivity contribution >= 4 is 17.6 Å². The van der Waals surface area contributed by atoms with Gasteiger partial charge in [-0.3, -0.25) is 24.3 Å². The van der Waals surface area contributed by atoms with Crippen LogP contribution in [0.3, 0.4) is 0 Å². The van der Waals surface area contributed by atoms with E-state index in [-0.39, 0.29) is 22.4 Å². The van der Waals surface area contributed by atoms with Crippen molar-refractivity contribution in [1.82, 2.24) is 14.8 Å². The number of likely N-dealkylation sites (tertiary alicyclic amines) is 1. The third-order valence-electron chi connectivity index (χ3n) is 5.87. The molecule has 0 spiro atoms. The van der Waals surface area contributed by atoms with Gasteiger partial charge in [-0.2, -0.15) is 0 Å². The summed E-state index contributed by atoms with van der Waals surface area (Å²) in [5.74, 6) is -1.17. The standard InChI is InChI=1S/C20H22N4O3/c1-20(7-9-23(2)10-8-20)12-3-5-13(6-4-12)24-15(25)11-14-16(17(24)21)19(27)22-18(14)26/h3-6,11H,7-10,21H2,1-2H3,(H,22,26,27). The van der Waals surface area contributed by atoms with Crippen LogP contribution in [-0.4, -0.2) is 41.4 Å². The first-order valence-electron chi connectivity index (χ1n) is 9.01. The van der Waals surface area contributed by atoms with Crippen LogP contribution in [0.2, 0.25) is 0 Å². The number of rotatable bonds is 2. The lowest BCUT2D eigenvalue weighted by atomic mass is 9.74. The van der Waals surface area contributed by atoms with Gasteiger partial charge in [0, 0.05) is 6.07 Å². The van der Waals surface area contributed by atoms with Crippen molar-refractivity contribution in [2.45, 2.75) is 25.2 Å².